The summed E-state index contributed by atoms with van der Waals surface area (Å²) in [6.07, 6.45) is 0. The lowest BCUT2D eigenvalue weighted by Gasteiger charge is -2.13. The number of rotatable bonds is 4. The molecule has 5 nitrogen and oxygen atoms in total. The number of hydrogen-bond acceptors (Lipinski definition) is 5. The fourth-order valence-corrected chi connectivity index (χ4v) is 3.77. The summed E-state index contributed by atoms with van der Waals surface area (Å²) in [5, 5.41) is 10.1. The van der Waals surface area contributed by atoms with Gasteiger partial charge in [0.25, 0.3) is 5.91 Å². The molecule has 0 unspecified atom stereocenters. The van der Waals surface area contributed by atoms with E-state index in [1.54, 1.807) is 38.4 Å². The van der Waals surface area contributed by atoms with Gasteiger partial charge in [-0.1, -0.05) is 35.1 Å². The van der Waals surface area contributed by atoms with E-state index in [0.717, 1.165) is 27.4 Å². The van der Waals surface area contributed by atoms with Crippen LogP contribution < -0.4 is 9.64 Å². The van der Waals surface area contributed by atoms with Crippen LogP contribution in [0, 0.1) is 13.8 Å². The molecule has 0 radical (unpaired) electrons. The lowest BCUT2D eigenvalue weighted by molar-refractivity contribution is 0.0993. The number of benzene rings is 2. The minimum Gasteiger partial charge on any atom is -0.496 e. The quantitative estimate of drug-likeness (QED) is 0.647. The van der Waals surface area contributed by atoms with Gasteiger partial charge in [-0.25, -0.2) is 0 Å². The summed E-state index contributed by atoms with van der Waals surface area (Å²) in [6, 6.07) is 11.0. The van der Waals surface area contributed by atoms with Gasteiger partial charge in [-0.15, -0.1) is 10.2 Å². The molecule has 1 amide bonds. The second-order valence-corrected chi connectivity index (χ2v) is 7.24. The summed E-state index contributed by atoms with van der Waals surface area (Å²) in [7, 11) is 3.33. The number of amides is 1. The minimum atomic E-state index is -0.222. The molecule has 134 valence electrons. The molecule has 0 spiro atoms. The second-order valence-electron chi connectivity index (χ2n) is 5.88. The third-order valence-electron chi connectivity index (χ3n) is 4.02. The van der Waals surface area contributed by atoms with Gasteiger partial charge in [-0.3, -0.25) is 9.69 Å². The minimum absolute atomic E-state index is 0.222. The summed E-state index contributed by atoms with van der Waals surface area (Å²) < 4.78 is 5.40. The Morgan fingerprint density at radius 2 is 1.81 bits per heavy atom. The topological polar surface area (TPSA) is 55.3 Å². The predicted molar refractivity (Wildman–Crippen MR) is 106 cm³/mol. The molecule has 1 aromatic heterocycles. The van der Waals surface area contributed by atoms with Gasteiger partial charge in [0.2, 0.25) is 5.13 Å². The van der Waals surface area contributed by atoms with Gasteiger partial charge >= 0.3 is 0 Å². The van der Waals surface area contributed by atoms with Crippen molar-refractivity contribution in [2.45, 2.75) is 13.8 Å². The number of aryl methyl sites for hydroxylation is 2. The van der Waals surface area contributed by atoms with Crippen LogP contribution >= 0.6 is 22.9 Å². The first-order chi connectivity index (χ1) is 12.4. The van der Waals surface area contributed by atoms with E-state index in [-0.39, 0.29) is 5.91 Å². The fourth-order valence-electron chi connectivity index (χ4n) is 2.77. The van der Waals surface area contributed by atoms with E-state index in [0.29, 0.717) is 15.7 Å². The third kappa shape index (κ3) is 3.43. The van der Waals surface area contributed by atoms with Gasteiger partial charge in [0.15, 0.2) is 0 Å². The number of anilines is 1. The lowest BCUT2D eigenvalue weighted by Crippen LogP contribution is -2.26. The highest BCUT2D eigenvalue weighted by Gasteiger charge is 2.20. The van der Waals surface area contributed by atoms with E-state index in [9.17, 15) is 4.79 Å². The molecule has 26 heavy (non-hydrogen) atoms. The van der Waals surface area contributed by atoms with Crippen molar-refractivity contribution >= 4 is 34.0 Å². The number of carbonyl (C=O) groups is 1. The summed E-state index contributed by atoms with van der Waals surface area (Å²) in [4.78, 5) is 14.1. The van der Waals surface area contributed by atoms with Crippen LogP contribution in [0.3, 0.4) is 0 Å². The number of aromatic nitrogens is 2. The van der Waals surface area contributed by atoms with E-state index < -0.39 is 0 Å². The van der Waals surface area contributed by atoms with Crippen molar-refractivity contribution in [3.05, 3.63) is 58.1 Å². The van der Waals surface area contributed by atoms with E-state index in [1.165, 1.54) is 16.2 Å². The maximum atomic E-state index is 12.7. The highest BCUT2D eigenvalue weighted by atomic mass is 35.5. The van der Waals surface area contributed by atoms with Crippen LogP contribution in [0.5, 0.6) is 5.75 Å². The van der Waals surface area contributed by atoms with E-state index in [1.807, 2.05) is 26.0 Å². The number of halogens is 1. The molecule has 0 atom stereocenters. The summed E-state index contributed by atoms with van der Waals surface area (Å²) in [6.45, 7) is 3.98. The molecule has 3 rings (SSSR count). The van der Waals surface area contributed by atoms with Gasteiger partial charge in [0.05, 0.1) is 17.7 Å². The van der Waals surface area contributed by atoms with Crippen molar-refractivity contribution in [3.8, 4) is 16.3 Å². The van der Waals surface area contributed by atoms with Gasteiger partial charge < -0.3 is 4.74 Å². The maximum Gasteiger partial charge on any atom is 0.261 e. The second kappa shape index (κ2) is 7.43. The average molecular weight is 388 g/mol. The first-order valence-corrected chi connectivity index (χ1v) is 9.13. The Labute approximate surface area is 161 Å². The molecular formula is C19H18ClN3O2S. The molecule has 0 N–H and O–H groups in total. The molecule has 0 aliphatic heterocycles. The lowest BCUT2D eigenvalue weighted by atomic mass is 10.1. The van der Waals surface area contributed by atoms with Crippen molar-refractivity contribution in [1.82, 2.24) is 10.2 Å². The Morgan fingerprint density at radius 3 is 2.42 bits per heavy atom. The Kier molecular flexibility index (Phi) is 5.25. The molecule has 0 aliphatic carbocycles. The number of ether oxygens (including phenoxy) is 1. The molecule has 0 fully saturated rings. The van der Waals surface area contributed by atoms with Crippen LogP contribution in [0.4, 0.5) is 5.13 Å². The molecule has 2 aromatic carbocycles. The van der Waals surface area contributed by atoms with Crippen LogP contribution in [0.1, 0.15) is 21.5 Å². The van der Waals surface area contributed by atoms with Crippen molar-refractivity contribution in [2.24, 2.45) is 0 Å². The highest BCUT2D eigenvalue weighted by molar-refractivity contribution is 7.18. The maximum absolute atomic E-state index is 12.7. The zero-order chi connectivity index (χ0) is 18.8. The zero-order valence-corrected chi connectivity index (χ0v) is 16.5. The molecule has 0 saturated heterocycles. The van der Waals surface area contributed by atoms with Crippen molar-refractivity contribution in [1.29, 1.82) is 0 Å². The largest absolute Gasteiger partial charge is 0.496 e. The smallest absolute Gasteiger partial charge is 0.261 e. The summed E-state index contributed by atoms with van der Waals surface area (Å²) in [5.41, 5.74) is 3.44. The number of hydrogen-bond donors (Lipinski definition) is 0. The molecule has 1 heterocycles. The standard InChI is InChI=1S/C19H18ClN3O2S/c1-11-9-13(10-12(2)16(11)25-4)17-21-22-19(26-17)23(3)18(24)14-7-5-6-8-15(14)20/h5-10H,1-4H3. The number of methoxy groups -OCH3 is 1. The monoisotopic (exact) mass is 387 g/mol. The molecule has 0 aliphatic rings. The number of carbonyl (C=O) groups excluding carboxylic acids is 1. The van der Waals surface area contributed by atoms with Crippen LogP contribution in [-0.4, -0.2) is 30.3 Å². The Balaban J connectivity index is 1.90. The molecule has 0 saturated carbocycles. The van der Waals surface area contributed by atoms with Crippen molar-refractivity contribution in [2.75, 3.05) is 19.1 Å². The van der Waals surface area contributed by atoms with Gasteiger partial charge in [-0.2, -0.15) is 0 Å². The van der Waals surface area contributed by atoms with Gasteiger partial charge in [0.1, 0.15) is 10.8 Å². The average Bonchev–Trinajstić information content (AvgIpc) is 3.11. The number of nitrogens with zero attached hydrogens (tertiary/aromatic N) is 3. The fraction of sp³-hybridized carbons (Fsp3) is 0.211. The SMILES string of the molecule is COc1c(C)cc(-c2nnc(N(C)C(=O)c3ccccc3Cl)s2)cc1C. The summed E-state index contributed by atoms with van der Waals surface area (Å²) in [5.74, 6) is 0.643. The Morgan fingerprint density at radius 1 is 1.15 bits per heavy atom. The van der Waals surface area contributed by atoms with Gasteiger partial charge in [-0.05, 0) is 49.2 Å². The first kappa shape index (κ1) is 18.4. The molecule has 7 heteroatoms. The molecular weight excluding hydrogens is 370 g/mol. The van der Waals surface area contributed by atoms with Crippen molar-refractivity contribution in [3.63, 3.8) is 0 Å². The van der Waals surface area contributed by atoms with Crippen LogP contribution in [0.15, 0.2) is 36.4 Å². The van der Waals surface area contributed by atoms with Crippen LogP contribution in [0.25, 0.3) is 10.6 Å². The van der Waals surface area contributed by atoms with E-state index in [2.05, 4.69) is 10.2 Å². The normalized spacial score (nSPS) is 10.7. The zero-order valence-electron chi connectivity index (χ0n) is 14.9. The van der Waals surface area contributed by atoms with Crippen LogP contribution in [-0.2, 0) is 0 Å². The predicted octanol–water partition coefficient (Wildman–Crippen LogP) is 4.76. The Bertz CT molecular complexity index is 948. The third-order valence-corrected chi connectivity index (χ3v) is 5.40. The Hall–Kier alpha value is -2.44. The van der Waals surface area contributed by atoms with E-state index in [4.69, 9.17) is 16.3 Å². The van der Waals surface area contributed by atoms with Crippen LogP contribution in [0.2, 0.25) is 5.02 Å². The van der Waals surface area contributed by atoms with Gasteiger partial charge in [0, 0.05) is 12.6 Å². The van der Waals surface area contributed by atoms with E-state index >= 15 is 0 Å². The highest BCUT2D eigenvalue weighted by Crippen LogP contribution is 2.34. The van der Waals surface area contributed by atoms with Crippen molar-refractivity contribution < 1.29 is 9.53 Å². The summed E-state index contributed by atoms with van der Waals surface area (Å²) >= 11 is 7.48. The molecule has 0 bridgehead atoms. The molecule has 3 aromatic rings. The first-order valence-electron chi connectivity index (χ1n) is 7.94.